The van der Waals surface area contributed by atoms with Crippen molar-refractivity contribution in [3.63, 3.8) is 0 Å². The highest BCUT2D eigenvalue weighted by atomic mass is 32.2. The molecule has 0 aliphatic carbocycles. The largest absolute Gasteiger partial charge is 0.444 e. The van der Waals surface area contributed by atoms with Gasteiger partial charge in [-0.3, -0.25) is 8.37 Å². The van der Waals surface area contributed by atoms with E-state index < -0.39 is 44.1 Å². The molecule has 0 spiro atoms. The summed E-state index contributed by atoms with van der Waals surface area (Å²) in [6.45, 7) is 5.38. The van der Waals surface area contributed by atoms with Gasteiger partial charge in [-0.05, 0) is 33.6 Å². The Kier molecular flexibility index (Phi) is 7.25. The minimum atomic E-state index is -3.79. The lowest BCUT2D eigenvalue weighted by molar-refractivity contribution is 0.00741. The molecule has 1 saturated heterocycles. The molecular formula is C14H27NO8S2. The van der Waals surface area contributed by atoms with Gasteiger partial charge in [0.25, 0.3) is 20.2 Å². The number of hydrogen-bond donors (Lipinski definition) is 0. The predicted octanol–water partition coefficient (Wildman–Crippen LogP) is 1.10. The lowest BCUT2D eigenvalue weighted by Gasteiger charge is -2.32. The second kappa shape index (κ2) is 8.19. The number of hydrogen-bond acceptors (Lipinski definition) is 8. The van der Waals surface area contributed by atoms with Gasteiger partial charge in [-0.1, -0.05) is 0 Å². The Labute approximate surface area is 149 Å². The smallest absolute Gasteiger partial charge is 0.410 e. The fraction of sp³-hybridized carbons (Fsp3) is 0.929. The lowest BCUT2D eigenvalue weighted by atomic mass is 10.1. The molecule has 148 valence electrons. The van der Waals surface area contributed by atoms with Crippen molar-refractivity contribution in [2.75, 3.05) is 25.7 Å². The van der Waals surface area contributed by atoms with E-state index in [-0.39, 0.29) is 13.0 Å². The standard InChI is InChI=1S/C14H27NO8S2/c1-14(2,3)22-13(16)15-9-6-7-11(15)12(23-25(5,19)20)8-10-21-24(4,17)18/h11-12H,6-10H2,1-5H3/t11-,12+/m1/s1. The highest BCUT2D eigenvalue weighted by molar-refractivity contribution is 7.86. The first kappa shape index (κ1) is 22.1. The van der Waals surface area contributed by atoms with Crippen molar-refractivity contribution in [3.8, 4) is 0 Å². The summed E-state index contributed by atoms with van der Waals surface area (Å²) >= 11 is 0. The van der Waals surface area contributed by atoms with Crippen LogP contribution in [0.25, 0.3) is 0 Å². The van der Waals surface area contributed by atoms with E-state index in [9.17, 15) is 21.6 Å². The summed E-state index contributed by atoms with van der Waals surface area (Å²) in [5.41, 5.74) is -0.684. The van der Waals surface area contributed by atoms with Crippen molar-refractivity contribution >= 4 is 26.3 Å². The molecule has 25 heavy (non-hydrogen) atoms. The van der Waals surface area contributed by atoms with Gasteiger partial charge in [0, 0.05) is 13.0 Å². The van der Waals surface area contributed by atoms with Crippen LogP contribution >= 0.6 is 0 Å². The molecule has 2 atom stereocenters. The van der Waals surface area contributed by atoms with Crippen molar-refractivity contribution in [3.05, 3.63) is 0 Å². The number of carbonyl (C=O) groups is 1. The Hall–Kier alpha value is -0.910. The molecular weight excluding hydrogens is 374 g/mol. The molecule has 1 fully saturated rings. The molecule has 0 aromatic carbocycles. The van der Waals surface area contributed by atoms with Gasteiger partial charge in [-0.25, -0.2) is 4.79 Å². The zero-order valence-electron chi connectivity index (χ0n) is 15.2. The SMILES string of the molecule is CC(C)(C)OC(=O)N1CCC[C@@H]1[C@H](CCOS(C)(=O)=O)OS(C)(=O)=O. The van der Waals surface area contributed by atoms with E-state index in [1.54, 1.807) is 20.8 Å². The Balaban J connectivity index is 2.89. The van der Waals surface area contributed by atoms with E-state index >= 15 is 0 Å². The molecule has 0 radical (unpaired) electrons. The molecule has 1 amide bonds. The van der Waals surface area contributed by atoms with Crippen molar-refractivity contribution in [1.29, 1.82) is 0 Å². The van der Waals surface area contributed by atoms with E-state index in [1.165, 1.54) is 4.90 Å². The number of likely N-dealkylation sites (tertiary alicyclic amines) is 1. The Morgan fingerprint density at radius 2 is 1.76 bits per heavy atom. The minimum Gasteiger partial charge on any atom is -0.444 e. The van der Waals surface area contributed by atoms with Crippen molar-refractivity contribution in [2.24, 2.45) is 0 Å². The number of amides is 1. The van der Waals surface area contributed by atoms with Crippen LogP contribution in [0.5, 0.6) is 0 Å². The molecule has 11 heteroatoms. The van der Waals surface area contributed by atoms with Crippen LogP contribution < -0.4 is 0 Å². The van der Waals surface area contributed by atoms with Crippen LogP contribution in [0, 0.1) is 0 Å². The molecule has 0 N–H and O–H groups in total. The van der Waals surface area contributed by atoms with E-state index in [0.29, 0.717) is 19.4 Å². The van der Waals surface area contributed by atoms with Gasteiger partial charge in [0.15, 0.2) is 0 Å². The zero-order chi connectivity index (χ0) is 19.5. The third-order valence-corrected chi connectivity index (χ3v) is 4.55. The molecule has 1 heterocycles. The van der Waals surface area contributed by atoms with Gasteiger partial charge in [-0.15, -0.1) is 0 Å². The molecule has 9 nitrogen and oxygen atoms in total. The topological polar surface area (TPSA) is 116 Å². The fourth-order valence-corrected chi connectivity index (χ4v) is 3.64. The van der Waals surface area contributed by atoms with E-state index in [0.717, 1.165) is 12.5 Å². The number of rotatable bonds is 7. The van der Waals surface area contributed by atoms with E-state index in [4.69, 9.17) is 8.92 Å². The van der Waals surface area contributed by atoms with Crippen LogP contribution in [0.1, 0.15) is 40.0 Å². The molecule has 1 aliphatic rings. The van der Waals surface area contributed by atoms with Gasteiger partial charge < -0.3 is 9.64 Å². The van der Waals surface area contributed by atoms with Crippen LogP contribution in [-0.4, -0.2) is 71.2 Å². The van der Waals surface area contributed by atoms with Gasteiger partial charge >= 0.3 is 6.09 Å². The van der Waals surface area contributed by atoms with E-state index in [1.807, 2.05) is 0 Å². The van der Waals surface area contributed by atoms with Crippen LogP contribution in [0.2, 0.25) is 0 Å². The monoisotopic (exact) mass is 401 g/mol. The summed E-state index contributed by atoms with van der Waals surface area (Å²) in [6.07, 6.45) is 1.54. The second-order valence-corrected chi connectivity index (χ2v) is 10.3. The summed E-state index contributed by atoms with van der Waals surface area (Å²) in [7, 11) is -7.45. The van der Waals surface area contributed by atoms with Crippen LogP contribution in [0.3, 0.4) is 0 Å². The molecule has 0 aromatic rings. The average Bonchev–Trinajstić information content (AvgIpc) is 2.81. The maximum atomic E-state index is 12.3. The van der Waals surface area contributed by atoms with E-state index in [2.05, 4.69) is 4.18 Å². The third-order valence-electron chi connectivity index (χ3n) is 3.35. The zero-order valence-corrected chi connectivity index (χ0v) is 16.9. The highest BCUT2D eigenvalue weighted by Crippen LogP contribution is 2.27. The normalized spacial score (nSPS) is 20.5. The van der Waals surface area contributed by atoms with Crippen molar-refractivity contribution in [2.45, 2.75) is 57.8 Å². The van der Waals surface area contributed by atoms with Crippen LogP contribution in [0.4, 0.5) is 4.79 Å². The van der Waals surface area contributed by atoms with Gasteiger partial charge in [-0.2, -0.15) is 16.8 Å². The number of ether oxygens (including phenoxy) is 1. The second-order valence-electron chi connectivity index (χ2n) is 7.04. The Morgan fingerprint density at radius 3 is 2.24 bits per heavy atom. The molecule has 1 rings (SSSR count). The molecule has 0 saturated carbocycles. The first-order valence-corrected chi connectivity index (χ1v) is 11.5. The first-order valence-electron chi connectivity index (χ1n) is 7.90. The maximum Gasteiger partial charge on any atom is 0.410 e. The summed E-state index contributed by atoms with van der Waals surface area (Å²) < 4.78 is 60.4. The number of carbonyl (C=O) groups excluding carboxylic acids is 1. The molecule has 0 unspecified atom stereocenters. The maximum absolute atomic E-state index is 12.3. The number of nitrogens with zero attached hydrogens (tertiary/aromatic N) is 1. The quantitative estimate of drug-likeness (QED) is 0.582. The highest BCUT2D eigenvalue weighted by Gasteiger charge is 2.39. The summed E-state index contributed by atoms with van der Waals surface area (Å²) in [6, 6.07) is -0.535. The summed E-state index contributed by atoms with van der Waals surface area (Å²) in [5, 5.41) is 0. The third kappa shape index (κ3) is 8.84. The van der Waals surface area contributed by atoms with Gasteiger partial charge in [0.1, 0.15) is 5.60 Å². The Morgan fingerprint density at radius 1 is 1.16 bits per heavy atom. The van der Waals surface area contributed by atoms with Gasteiger partial charge in [0.05, 0.1) is 31.3 Å². The van der Waals surface area contributed by atoms with Crippen molar-refractivity contribution in [1.82, 2.24) is 4.90 Å². The van der Waals surface area contributed by atoms with Crippen LogP contribution in [-0.2, 0) is 33.3 Å². The first-order chi connectivity index (χ1) is 11.2. The van der Waals surface area contributed by atoms with Gasteiger partial charge in [0.2, 0.25) is 0 Å². The average molecular weight is 402 g/mol. The molecule has 0 bridgehead atoms. The summed E-state index contributed by atoms with van der Waals surface area (Å²) in [4.78, 5) is 13.8. The van der Waals surface area contributed by atoms with Crippen molar-refractivity contribution < 1.29 is 34.7 Å². The molecule has 1 aliphatic heterocycles. The molecule has 0 aromatic heterocycles. The van der Waals surface area contributed by atoms with Crippen LogP contribution in [0.15, 0.2) is 0 Å². The Bertz CT molecular complexity index is 665. The summed E-state index contributed by atoms with van der Waals surface area (Å²) in [5.74, 6) is 0. The minimum absolute atomic E-state index is 0.00407. The predicted molar refractivity (Wildman–Crippen MR) is 91.1 cm³/mol. The fourth-order valence-electron chi connectivity index (χ4n) is 2.57. The lowest BCUT2D eigenvalue weighted by Crippen LogP contribution is -2.46.